The Morgan fingerprint density at radius 2 is 1.95 bits per heavy atom. The summed E-state index contributed by atoms with van der Waals surface area (Å²) in [5, 5.41) is 0. The van der Waals surface area contributed by atoms with Gasteiger partial charge in [-0.3, -0.25) is 4.90 Å². The summed E-state index contributed by atoms with van der Waals surface area (Å²) >= 11 is 0. The Balaban J connectivity index is 1.67. The lowest BCUT2D eigenvalue weighted by atomic mass is 9.77. The standard InChI is InChI=1S/C17H32N2O2/c1-16(2)13-19(12-15(11-18)21-16)14-6-9-20-17(10-14)7-4-3-5-8-17/h14-15H,3-13,18H2,1-2H3. The van der Waals surface area contributed by atoms with Crippen LogP contribution in [0.1, 0.15) is 58.8 Å². The Kier molecular flexibility index (Phi) is 4.60. The monoisotopic (exact) mass is 296 g/mol. The summed E-state index contributed by atoms with van der Waals surface area (Å²) in [6, 6.07) is 0.647. The molecule has 3 rings (SSSR count). The van der Waals surface area contributed by atoms with Gasteiger partial charge in [-0.05, 0) is 39.5 Å². The van der Waals surface area contributed by atoms with Crippen molar-refractivity contribution in [1.29, 1.82) is 0 Å². The maximum absolute atomic E-state index is 6.25. The Morgan fingerprint density at radius 1 is 1.19 bits per heavy atom. The highest BCUT2D eigenvalue weighted by molar-refractivity contribution is 4.96. The van der Waals surface area contributed by atoms with E-state index in [-0.39, 0.29) is 17.3 Å². The zero-order valence-electron chi connectivity index (χ0n) is 13.8. The van der Waals surface area contributed by atoms with E-state index >= 15 is 0 Å². The summed E-state index contributed by atoms with van der Waals surface area (Å²) in [6.45, 7) is 7.93. The van der Waals surface area contributed by atoms with Gasteiger partial charge in [0, 0.05) is 32.3 Å². The molecule has 0 aromatic heterocycles. The molecule has 2 saturated heterocycles. The predicted molar refractivity (Wildman–Crippen MR) is 84.4 cm³/mol. The number of nitrogens with zero attached hydrogens (tertiary/aromatic N) is 1. The van der Waals surface area contributed by atoms with E-state index < -0.39 is 0 Å². The molecule has 122 valence electrons. The van der Waals surface area contributed by atoms with Crippen LogP contribution in [0.4, 0.5) is 0 Å². The van der Waals surface area contributed by atoms with E-state index in [9.17, 15) is 0 Å². The number of hydrogen-bond donors (Lipinski definition) is 1. The molecule has 4 nitrogen and oxygen atoms in total. The molecule has 2 unspecified atom stereocenters. The van der Waals surface area contributed by atoms with Gasteiger partial charge in [-0.25, -0.2) is 0 Å². The molecule has 2 atom stereocenters. The van der Waals surface area contributed by atoms with Gasteiger partial charge in [0.2, 0.25) is 0 Å². The Bertz CT molecular complexity index is 347. The minimum Gasteiger partial charge on any atom is -0.375 e. The molecule has 0 bridgehead atoms. The van der Waals surface area contributed by atoms with Crippen molar-refractivity contribution >= 4 is 0 Å². The second-order valence-corrected chi connectivity index (χ2v) is 7.90. The fraction of sp³-hybridized carbons (Fsp3) is 1.00. The van der Waals surface area contributed by atoms with Gasteiger partial charge in [-0.1, -0.05) is 19.3 Å². The molecule has 21 heavy (non-hydrogen) atoms. The highest BCUT2D eigenvalue weighted by Gasteiger charge is 2.43. The third-order valence-corrected chi connectivity index (χ3v) is 5.52. The van der Waals surface area contributed by atoms with Crippen LogP contribution >= 0.6 is 0 Å². The molecular weight excluding hydrogens is 264 g/mol. The molecule has 2 N–H and O–H groups in total. The van der Waals surface area contributed by atoms with Crippen LogP contribution in [-0.2, 0) is 9.47 Å². The smallest absolute Gasteiger partial charge is 0.0831 e. The summed E-state index contributed by atoms with van der Waals surface area (Å²) < 4.78 is 12.3. The first-order valence-corrected chi connectivity index (χ1v) is 8.78. The zero-order chi connectivity index (χ0) is 14.9. The molecule has 3 fully saturated rings. The lowest BCUT2D eigenvalue weighted by molar-refractivity contribution is -0.170. The van der Waals surface area contributed by atoms with E-state index in [1.165, 1.54) is 38.5 Å². The third kappa shape index (κ3) is 3.61. The maximum atomic E-state index is 6.25. The molecule has 3 aliphatic rings. The normalized spacial score (nSPS) is 36.7. The minimum atomic E-state index is -0.0830. The van der Waals surface area contributed by atoms with Crippen molar-refractivity contribution in [3.8, 4) is 0 Å². The first-order chi connectivity index (χ1) is 10.0. The van der Waals surface area contributed by atoms with Gasteiger partial charge in [0.1, 0.15) is 0 Å². The molecule has 4 heteroatoms. The Hall–Kier alpha value is -0.160. The van der Waals surface area contributed by atoms with Crippen LogP contribution in [0.15, 0.2) is 0 Å². The van der Waals surface area contributed by atoms with Crippen molar-refractivity contribution in [2.45, 2.75) is 82.1 Å². The van der Waals surface area contributed by atoms with Gasteiger partial charge < -0.3 is 15.2 Å². The van der Waals surface area contributed by atoms with Crippen molar-refractivity contribution in [2.75, 3.05) is 26.2 Å². The molecule has 1 aliphatic carbocycles. The highest BCUT2D eigenvalue weighted by Crippen LogP contribution is 2.40. The van der Waals surface area contributed by atoms with E-state index in [0.717, 1.165) is 26.1 Å². The predicted octanol–water partition coefficient (Wildman–Crippen LogP) is 2.31. The lowest BCUT2D eigenvalue weighted by Gasteiger charge is -2.51. The van der Waals surface area contributed by atoms with Crippen molar-refractivity contribution in [3.05, 3.63) is 0 Å². The van der Waals surface area contributed by atoms with Crippen LogP contribution in [0.2, 0.25) is 0 Å². The first kappa shape index (κ1) is 15.7. The van der Waals surface area contributed by atoms with Gasteiger partial charge in [0.15, 0.2) is 0 Å². The van der Waals surface area contributed by atoms with Crippen LogP contribution in [0.3, 0.4) is 0 Å². The van der Waals surface area contributed by atoms with E-state index in [1.807, 2.05) is 0 Å². The van der Waals surface area contributed by atoms with E-state index in [4.69, 9.17) is 15.2 Å². The van der Waals surface area contributed by atoms with Crippen LogP contribution in [-0.4, -0.2) is 54.5 Å². The van der Waals surface area contributed by atoms with Crippen LogP contribution in [0.5, 0.6) is 0 Å². The van der Waals surface area contributed by atoms with Gasteiger partial charge in [-0.15, -0.1) is 0 Å². The SMILES string of the molecule is CC1(C)CN(C2CCOC3(CCCCC3)C2)CC(CN)O1. The van der Waals surface area contributed by atoms with Crippen molar-refractivity contribution in [2.24, 2.45) is 5.73 Å². The van der Waals surface area contributed by atoms with Crippen LogP contribution in [0, 0.1) is 0 Å². The summed E-state index contributed by atoms with van der Waals surface area (Å²) in [6.07, 6.45) is 9.14. The summed E-state index contributed by atoms with van der Waals surface area (Å²) in [7, 11) is 0. The van der Waals surface area contributed by atoms with Gasteiger partial charge >= 0.3 is 0 Å². The van der Waals surface area contributed by atoms with Crippen molar-refractivity contribution in [1.82, 2.24) is 4.90 Å². The Labute approximate surface area is 129 Å². The topological polar surface area (TPSA) is 47.7 Å². The highest BCUT2D eigenvalue weighted by atomic mass is 16.5. The fourth-order valence-corrected chi connectivity index (χ4v) is 4.60. The maximum Gasteiger partial charge on any atom is 0.0831 e. The average molecular weight is 296 g/mol. The molecule has 2 heterocycles. The second kappa shape index (κ2) is 6.15. The van der Waals surface area contributed by atoms with E-state index in [1.54, 1.807) is 0 Å². The molecule has 0 aromatic rings. The molecule has 1 spiro atoms. The van der Waals surface area contributed by atoms with Crippen molar-refractivity contribution < 1.29 is 9.47 Å². The third-order valence-electron chi connectivity index (χ3n) is 5.52. The second-order valence-electron chi connectivity index (χ2n) is 7.90. The van der Waals surface area contributed by atoms with Crippen LogP contribution in [0.25, 0.3) is 0 Å². The van der Waals surface area contributed by atoms with Crippen LogP contribution < -0.4 is 5.73 Å². The quantitative estimate of drug-likeness (QED) is 0.849. The van der Waals surface area contributed by atoms with Crippen molar-refractivity contribution in [3.63, 3.8) is 0 Å². The summed E-state index contributed by atoms with van der Waals surface area (Å²) in [5.41, 5.74) is 5.98. The lowest BCUT2D eigenvalue weighted by Crippen LogP contribution is -2.60. The average Bonchev–Trinajstić information content (AvgIpc) is 2.46. The molecule has 0 aromatic carbocycles. The minimum absolute atomic E-state index is 0.0830. The molecule has 0 amide bonds. The van der Waals surface area contributed by atoms with Gasteiger partial charge in [-0.2, -0.15) is 0 Å². The number of rotatable bonds is 2. The van der Waals surface area contributed by atoms with E-state index in [0.29, 0.717) is 12.6 Å². The largest absolute Gasteiger partial charge is 0.375 e. The van der Waals surface area contributed by atoms with Gasteiger partial charge in [0.05, 0.1) is 17.3 Å². The summed E-state index contributed by atoms with van der Waals surface area (Å²) in [4.78, 5) is 2.64. The molecular formula is C17H32N2O2. The molecule has 2 aliphatic heterocycles. The zero-order valence-corrected chi connectivity index (χ0v) is 13.8. The van der Waals surface area contributed by atoms with E-state index in [2.05, 4.69) is 18.7 Å². The summed E-state index contributed by atoms with van der Waals surface area (Å²) in [5.74, 6) is 0. The first-order valence-electron chi connectivity index (χ1n) is 8.78. The Morgan fingerprint density at radius 3 is 2.67 bits per heavy atom. The fourth-order valence-electron chi connectivity index (χ4n) is 4.60. The van der Waals surface area contributed by atoms with Gasteiger partial charge in [0.25, 0.3) is 0 Å². The molecule has 0 radical (unpaired) electrons. The molecule has 1 saturated carbocycles. The number of nitrogens with two attached hydrogens (primary N) is 1. The number of ether oxygens (including phenoxy) is 2. The number of hydrogen-bond acceptors (Lipinski definition) is 4. The number of morpholine rings is 1.